The number of benzene rings is 1. The van der Waals surface area contributed by atoms with Gasteiger partial charge in [-0.25, -0.2) is 4.39 Å². The summed E-state index contributed by atoms with van der Waals surface area (Å²) in [6.07, 6.45) is 0. The maximum absolute atomic E-state index is 12.8. The lowest BCUT2D eigenvalue weighted by Crippen LogP contribution is -1.99. The van der Waals surface area contributed by atoms with Crippen LogP contribution in [0.3, 0.4) is 0 Å². The number of aromatic amines is 1. The van der Waals surface area contributed by atoms with E-state index in [1.807, 2.05) is 12.1 Å². The lowest BCUT2D eigenvalue weighted by Gasteiger charge is -1.98. The van der Waals surface area contributed by atoms with Crippen LogP contribution in [0, 0.1) is 5.82 Å². The number of rotatable bonds is 4. The molecule has 0 amide bonds. The molecule has 0 aliphatic heterocycles. The first-order valence-electron chi connectivity index (χ1n) is 5.63. The van der Waals surface area contributed by atoms with E-state index >= 15 is 0 Å². The van der Waals surface area contributed by atoms with Crippen molar-refractivity contribution in [2.24, 2.45) is 0 Å². The molecule has 19 heavy (non-hydrogen) atoms. The molecule has 6 nitrogen and oxygen atoms in total. The first kappa shape index (κ1) is 11.4. The standard InChI is InChI=1S/C12H10FN5O/c13-9-3-1-8(2-4-9)11-6-5-10(19-11)7-14-12-15-17-18-16-12/h1-6H,7H2,(H2,14,15,16,17,18). The van der Waals surface area contributed by atoms with Crippen LogP contribution in [0.15, 0.2) is 40.8 Å². The lowest BCUT2D eigenvalue weighted by molar-refractivity contribution is 0.530. The van der Waals surface area contributed by atoms with Gasteiger partial charge in [0, 0.05) is 5.56 Å². The minimum absolute atomic E-state index is 0.269. The molecule has 1 aromatic carbocycles. The van der Waals surface area contributed by atoms with E-state index in [4.69, 9.17) is 4.42 Å². The maximum Gasteiger partial charge on any atom is 0.263 e. The molecule has 0 fully saturated rings. The Morgan fingerprint density at radius 1 is 1.16 bits per heavy atom. The Labute approximate surface area is 107 Å². The van der Waals surface area contributed by atoms with E-state index in [2.05, 4.69) is 25.9 Å². The van der Waals surface area contributed by atoms with Crippen molar-refractivity contribution < 1.29 is 8.81 Å². The molecule has 0 spiro atoms. The van der Waals surface area contributed by atoms with Gasteiger partial charge in [-0.2, -0.15) is 5.21 Å². The van der Waals surface area contributed by atoms with E-state index < -0.39 is 0 Å². The first-order chi connectivity index (χ1) is 9.31. The number of nitrogens with one attached hydrogen (secondary N) is 2. The molecule has 0 bridgehead atoms. The van der Waals surface area contributed by atoms with Crippen molar-refractivity contribution in [3.05, 3.63) is 48.0 Å². The second kappa shape index (κ2) is 4.89. The monoisotopic (exact) mass is 259 g/mol. The van der Waals surface area contributed by atoms with Crippen LogP contribution >= 0.6 is 0 Å². The quantitative estimate of drug-likeness (QED) is 0.751. The lowest BCUT2D eigenvalue weighted by atomic mass is 10.2. The normalized spacial score (nSPS) is 10.6. The Morgan fingerprint density at radius 2 is 2.00 bits per heavy atom. The number of hydrogen-bond donors (Lipinski definition) is 2. The fourth-order valence-electron chi connectivity index (χ4n) is 1.65. The van der Waals surface area contributed by atoms with Gasteiger partial charge in [0.05, 0.1) is 6.54 Å². The van der Waals surface area contributed by atoms with Crippen molar-refractivity contribution in [2.75, 3.05) is 5.32 Å². The van der Waals surface area contributed by atoms with Crippen LogP contribution in [0.4, 0.5) is 10.3 Å². The van der Waals surface area contributed by atoms with Crippen molar-refractivity contribution >= 4 is 5.95 Å². The fourth-order valence-corrected chi connectivity index (χ4v) is 1.65. The predicted octanol–water partition coefficient (Wildman–Crippen LogP) is 2.21. The number of tetrazole rings is 1. The molecule has 0 aliphatic carbocycles. The second-order valence-corrected chi connectivity index (χ2v) is 3.86. The number of nitrogens with zero attached hydrogens (tertiary/aromatic N) is 3. The molecule has 2 N–H and O–H groups in total. The van der Waals surface area contributed by atoms with Gasteiger partial charge in [0.1, 0.15) is 17.3 Å². The summed E-state index contributed by atoms with van der Waals surface area (Å²) < 4.78 is 18.5. The third kappa shape index (κ3) is 2.59. The van der Waals surface area contributed by atoms with Crippen LogP contribution < -0.4 is 5.32 Å². The van der Waals surface area contributed by atoms with Gasteiger partial charge < -0.3 is 9.73 Å². The molecule has 0 unspecified atom stereocenters. The molecule has 2 heterocycles. The molecule has 0 aliphatic rings. The van der Waals surface area contributed by atoms with Crippen molar-refractivity contribution in [2.45, 2.75) is 6.54 Å². The number of furan rings is 1. The van der Waals surface area contributed by atoms with E-state index in [0.29, 0.717) is 18.3 Å². The van der Waals surface area contributed by atoms with Crippen LogP contribution in [0.25, 0.3) is 11.3 Å². The molecule has 7 heteroatoms. The second-order valence-electron chi connectivity index (χ2n) is 3.86. The zero-order valence-electron chi connectivity index (χ0n) is 9.80. The van der Waals surface area contributed by atoms with Crippen LogP contribution in [-0.4, -0.2) is 20.6 Å². The minimum Gasteiger partial charge on any atom is -0.459 e. The van der Waals surface area contributed by atoms with Gasteiger partial charge in [0.25, 0.3) is 5.95 Å². The van der Waals surface area contributed by atoms with Gasteiger partial charge >= 0.3 is 0 Å². The zero-order chi connectivity index (χ0) is 13.1. The van der Waals surface area contributed by atoms with Crippen molar-refractivity contribution in [3.63, 3.8) is 0 Å². The van der Waals surface area contributed by atoms with E-state index in [1.54, 1.807) is 12.1 Å². The first-order valence-corrected chi connectivity index (χ1v) is 5.63. The van der Waals surface area contributed by atoms with Gasteiger partial charge in [-0.05, 0) is 41.6 Å². The van der Waals surface area contributed by atoms with Crippen molar-refractivity contribution in [1.29, 1.82) is 0 Å². The van der Waals surface area contributed by atoms with Crippen LogP contribution in [0.2, 0.25) is 0 Å². The van der Waals surface area contributed by atoms with E-state index in [-0.39, 0.29) is 5.82 Å². The molecule has 3 rings (SSSR count). The number of hydrogen-bond acceptors (Lipinski definition) is 5. The predicted molar refractivity (Wildman–Crippen MR) is 65.6 cm³/mol. The third-order valence-electron chi connectivity index (χ3n) is 2.56. The largest absolute Gasteiger partial charge is 0.459 e. The highest BCUT2D eigenvalue weighted by molar-refractivity contribution is 5.57. The molecule has 3 aromatic rings. The molecular weight excluding hydrogens is 249 g/mol. The summed E-state index contributed by atoms with van der Waals surface area (Å²) in [5, 5.41) is 16.2. The minimum atomic E-state index is -0.269. The zero-order valence-corrected chi connectivity index (χ0v) is 9.80. The van der Waals surface area contributed by atoms with Crippen molar-refractivity contribution in [3.8, 4) is 11.3 Å². The highest BCUT2D eigenvalue weighted by atomic mass is 19.1. The molecule has 2 aromatic heterocycles. The number of anilines is 1. The van der Waals surface area contributed by atoms with Crippen LogP contribution in [0.1, 0.15) is 5.76 Å². The fraction of sp³-hybridized carbons (Fsp3) is 0.0833. The molecular formula is C12H10FN5O. The third-order valence-corrected chi connectivity index (χ3v) is 2.56. The highest BCUT2D eigenvalue weighted by Gasteiger charge is 2.05. The molecule has 0 saturated carbocycles. The Hall–Kier alpha value is -2.70. The van der Waals surface area contributed by atoms with Gasteiger partial charge in [0.15, 0.2) is 0 Å². The summed E-state index contributed by atoms with van der Waals surface area (Å²) in [7, 11) is 0. The summed E-state index contributed by atoms with van der Waals surface area (Å²) in [6, 6.07) is 9.81. The average Bonchev–Trinajstić information content (AvgIpc) is 3.09. The molecule has 0 radical (unpaired) electrons. The summed E-state index contributed by atoms with van der Waals surface area (Å²) >= 11 is 0. The van der Waals surface area contributed by atoms with Gasteiger partial charge in [0.2, 0.25) is 0 Å². The van der Waals surface area contributed by atoms with E-state index in [1.165, 1.54) is 12.1 Å². The number of aromatic nitrogens is 4. The highest BCUT2D eigenvalue weighted by Crippen LogP contribution is 2.22. The number of H-pyrrole nitrogens is 1. The SMILES string of the molecule is Fc1ccc(-c2ccc(CNc3nn[nH]n3)o2)cc1. The topological polar surface area (TPSA) is 79.6 Å². The average molecular weight is 259 g/mol. The van der Waals surface area contributed by atoms with Gasteiger partial charge in [-0.15, -0.1) is 5.10 Å². The van der Waals surface area contributed by atoms with E-state index in [0.717, 1.165) is 11.3 Å². The Bertz CT molecular complexity index is 647. The van der Waals surface area contributed by atoms with Gasteiger partial charge in [-0.3, -0.25) is 0 Å². The summed E-state index contributed by atoms with van der Waals surface area (Å²) in [4.78, 5) is 0. The maximum atomic E-state index is 12.8. The van der Waals surface area contributed by atoms with Gasteiger partial charge in [-0.1, -0.05) is 5.10 Å². The summed E-state index contributed by atoms with van der Waals surface area (Å²) in [5.74, 6) is 1.54. The molecule has 0 atom stereocenters. The van der Waals surface area contributed by atoms with Crippen molar-refractivity contribution in [1.82, 2.24) is 20.6 Å². The van der Waals surface area contributed by atoms with Crippen LogP contribution in [-0.2, 0) is 6.54 Å². The molecule has 96 valence electrons. The molecule has 0 saturated heterocycles. The Balaban J connectivity index is 1.70. The smallest absolute Gasteiger partial charge is 0.263 e. The summed E-state index contributed by atoms with van der Waals surface area (Å²) in [6.45, 7) is 0.445. The number of halogens is 1. The Morgan fingerprint density at radius 3 is 2.74 bits per heavy atom. The Kier molecular flexibility index (Phi) is 2.93. The van der Waals surface area contributed by atoms with E-state index in [9.17, 15) is 4.39 Å². The van der Waals surface area contributed by atoms with Crippen LogP contribution in [0.5, 0.6) is 0 Å². The summed E-state index contributed by atoms with van der Waals surface area (Å²) in [5.41, 5.74) is 0.826.